The third-order valence-electron chi connectivity index (χ3n) is 9.11. The summed E-state index contributed by atoms with van der Waals surface area (Å²) in [7, 11) is 0. The highest BCUT2D eigenvalue weighted by Crippen LogP contribution is 2.40. The van der Waals surface area contributed by atoms with Crippen LogP contribution in [0.4, 0.5) is 11.5 Å². The Bertz CT molecular complexity index is 1910. The van der Waals surface area contributed by atoms with Crippen molar-refractivity contribution >= 4 is 34.7 Å². The average Bonchev–Trinajstić information content (AvgIpc) is 3.88. The summed E-state index contributed by atoms with van der Waals surface area (Å²) < 4.78 is 23.9. The first-order chi connectivity index (χ1) is 23.8. The summed E-state index contributed by atoms with van der Waals surface area (Å²) >= 11 is 12.8. The standard InChI is InChI=1S/C35H38Cl2N8O4/c1-3-25(2)45-34(46)44(24-40-45)28-7-5-27(6-8-28)42-14-16-43(17-15-42)33-11-9-29(19-39-33)47-20-30-21-48-35(49-30,22-41-13-12-38-23-41)31-10-4-26(36)18-32(31)37/h4-13,18-19,23-25,30H,3,14-17,20-22H2,1-2H3/t25?,30-,35-/m1/s1. The van der Waals surface area contributed by atoms with Crippen molar-refractivity contribution in [1.29, 1.82) is 0 Å². The minimum absolute atomic E-state index is 0.0611. The molecule has 0 spiro atoms. The Labute approximate surface area is 294 Å². The van der Waals surface area contributed by atoms with Crippen LogP contribution in [0.2, 0.25) is 10.0 Å². The van der Waals surface area contributed by atoms with Crippen LogP contribution in [-0.4, -0.2) is 74.4 Å². The van der Waals surface area contributed by atoms with Gasteiger partial charge in [0.2, 0.25) is 5.79 Å². The molecular weight excluding hydrogens is 667 g/mol. The summed E-state index contributed by atoms with van der Waals surface area (Å²) in [6.07, 6.45) is 9.12. The summed E-state index contributed by atoms with van der Waals surface area (Å²) in [5.74, 6) is 0.438. The highest BCUT2D eigenvalue weighted by Gasteiger charge is 2.45. The molecule has 7 rings (SSSR count). The van der Waals surface area contributed by atoms with E-state index in [2.05, 4.69) is 32.0 Å². The SMILES string of the molecule is CCC(C)n1ncn(-c2ccc(N3CCN(c4ccc(OC[C@@H]5CO[C@@](Cn6ccnc6)(c6ccc(Cl)cc6Cl)O5)cn4)CC3)cc2)c1=O. The number of ether oxygens (including phenoxy) is 3. The molecule has 0 aliphatic carbocycles. The van der Waals surface area contributed by atoms with Crippen LogP contribution in [0.15, 0.2) is 90.6 Å². The van der Waals surface area contributed by atoms with Gasteiger partial charge in [-0.3, -0.25) is 0 Å². The van der Waals surface area contributed by atoms with E-state index in [0.717, 1.165) is 49.8 Å². The second-order valence-corrected chi connectivity index (χ2v) is 13.1. The number of benzene rings is 2. The minimum atomic E-state index is -1.11. The molecule has 12 nitrogen and oxygen atoms in total. The molecular formula is C35H38Cl2N8O4. The molecule has 0 amide bonds. The van der Waals surface area contributed by atoms with Crippen molar-refractivity contribution in [2.75, 3.05) is 49.2 Å². The number of hydrogen-bond acceptors (Lipinski definition) is 9. The van der Waals surface area contributed by atoms with Crippen molar-refractivity contribution in [3.63, 3.8) is 0 Å². The largest absolute Gasteiger partial charge is 0.489 e. The lowest BCUT2D eigenvalue weighted by Gasteiger charge is -2.36. The van der Waals surface area contributed by atoms with Gasteiger partial charge >= 0.3 is 5.69 Å². The van der Waals surface area contributed by atoms with Crippen LogP contribution >= 0.6 is 23.2 Å². The Balaban J connectivity index is 0.925. The average molecular weight is 706 g/mol. The molecule has 2 aliphatic rings. The topological polar surface area (TPSA) is 105 Å². The molecule has 1 unspecified atom stereocenters. The lowest BCUT2D eigenvalue weighted by molar-refractivity contribution is -0.189. The predicted octanol–water partition coefficient (Wildman–Crippen LogP) is 5.58. The second-order valence-electron chi connectivity index (χ2n) is 12.3. The van der Waals surface area contributed by atoms with Gasteiger partial charge in [-0.2, -0.15) is 5.10 Å². The molecule has 5 heterocycles. The molecule has 0 N–H and O–H groups in total. The number of imidazole rings is 1. The number of halogens is 2. The van der Waals surface area contributed by atoms with Gasteiger partial charge in [0.1, 0.15) is 30.6 Å². The van der Waals surface area contributed by atoms with Gasteiger partial charge in [0.15, 0.2) is 0 Å². The van der Waals surface area contributed by atoms with Crippen molar-refractivity contribution < 1.29 is 14.2 Å². The first-order valence-corrected chi connectivity index (χ1v) is 17.2. The Morgan fingerprint density at radius 1 is 1.00 bits per heavy atom. The fraction of sp³-hybridized carbons (Fsp3) is 0.371. The summed E-state index contributed by atoms with van der Waals surface area (Å²) in [4.78, 5) is 26.3. The Kier molecular flexibility index (Phi) is 9.64. The number of nitrogens with zero attached hydrogens (tertiary/aromatic N) is 8. The lowest BCUT2D eigenvalue weighted by atomic mass is 10.1. The van der Waals surface area contributed by atoms with Crippen molar-refractivity contribution in [3.05, 3.63) is 112 Å². The smallest absolute Gasteiger partial charge is 0.350 e. The van der Waals surface area contributed by atoms with E-state index in [9.17, 15) is 4.79 Å². The summed E-state index contributed by atoms with van der Waals surface area (Å²) in [6.45, 7) is 8.38. The van der Waals surface area contributed by atoms with Crippen LogP contribution in [0.25, 0.3) is 5.69 Å². The molecule has 0 radical (unpaired) electrons. The van der Waals surface area contributed by atoms with E-state index < -0.39 is 5.79 Å². The van der Waals surface area contributed by atoms with Gasteiger partial charge in [0, 0.05) is 54.8 Å². The molecule has 49 heavy (non-hydrogen) atoms. The molecule has 5 aromatic rings. The zero-order valence-corrected chi connectivity index (χ0v) is 28.9. The number of aromatic nitrogens is 6. The molecule has 2 aliphatic heterocycles. The van der Waals surface area contributed by atoms with E-state index in [1.165, 1.54) is 4.68 Å². The van der Waals surface area contributed by atoms with E-state index >= 15 is 0 Å². The number of piperazine rings is 1. The maximum atomic E-state index is 12.8. The lowest BCUT2D eigenvalue weighted by Crippen LogP contribution is -2.46. The van der Waals surface area contributed by atoms with E-state index in [1.54, 1.807) is 41.7 Å². The highest BCUT2D eigenvalue weighted by atomic mass is 35.5. The van der Waals surface area contributed by atoms with Crippen LogP contribution in [0, 0.1) is 0 Å². The molecule has 2 fully saturated rings. The number of anilines is 2. The van der Waals surface area contributed by atoms with Gasteiger partial charge in [-0.05, 0) is 61.9 Å². The van der Waals surface area contributed by atoms with Gasteiger partial charge < -0.3 is 28.6 Å². The molecule has 2 aromatic carbocycles. The summed E-state index contributed by atoms with van der Waals surface area (Å²) in [5.41, 5.74) is 2.50. The van der Waals surface area contributed by atoms with Crippen LogP contribution in [-0.2, 0) is 21.8 Å². The predicted molar refractivity (Wildman–Crippen MR) is 188 cm³/mol. The first kappa shape index (κ1) is 33.2. The Morgan fingerprint density at radius 3 is 2.47 bits per heavy atom. The third kappa shape index (κ3) is 7.04. The fourth-order valence-corrected chi connectivity index (χ4v) is 6.75. The Hall–Kier alpha value is -4.36. The van der Waals surface area contributed by atoms with Gasteiger partial charge in [-0.15, -0.1) is 0 Å². The highest BCUT2D eigenvalue weighted by molar-refractivity contribution is 6.35. The minimum Gasteiger partial charge on any atom is -0.489 e. The summed E-state index contributed by atoms with van der Waals surface area (Å²) in [5, 5.41) is 5.30. The van der Waals surface area contributed by atoms with Gasteiger partial charge in [0.05, 0.1) is 42.4 Å². The van der Waals surface area contributed by atoms with Crippen LogP contribution in [0.1, 0.15) is 31.9 Å². The van der Waals surface area contributed by atoms with Crippen molar-refractivity contribution in [1.82, 2.24) is 28.9 Å². The monoisotopic (exact) mass is 704 g/mol. The molecule has 0 bridgehead atoms. The molecule has 3 aromatic heterocycles. The number of rotatable bonds is 11. The number of hydrogen-bond donors (Lipinski definition) is 0. The van der Waals surface area contributed by atoms with E-state index in [4.69, 9.17) is 42.4 Å². The van der Waals surface area contributed by atoms with E-state index in [-0.39, 0.29) is 24.4 Å². The fourth-order valence-electron chi connectivity index (χ4n) is 6.20. The zero-order chi connectivity index (χ0) is 34.0. The zero-order valence-electron chi connectivity index (χ0n) is 27.4. The van der Waals surface area contributed by atoms with Crippen LogP contribution in [0.3, 0.4) is 0 Å². The molecule has 0 saturated carbocycles. The van der Waals surface area contributed by atoms with Crippen molar-refractivity contribution in [3.8, 4) is 11.4 Å². The Morgan fingerprint density at radius 2 is 1.78 bits per heavy atom. The normalized spacial score (nSPS) is 20.1. The van der Waals surface area contributed by atoms with Gasteiger partial charge in [-0.1, -0.05) is 36.2 Å². The molecule has 14 heteroatoms. The van der Waals surface area contributed by atoms with Crippen molar-refractivity contribution in [2.24, 2.45) is 0 Å². The van der Waals surface area contributed by atoms with Gasteiger partial charge in [-0.25, -0.2) is 24.0 Å². The number of pyridine rings is 1. The van der Waals surface area contributed by atoms with Gasteiger partial charge in [0.25, 0.3) is 0 Å². The van der Waals surface area contributed by atoms with Crippen molar-refractivity contribution in [2.45, 2.75) is 44.7 Å². The maximum Gasteiger partial charge on any atom is 0.350 e. The quantitative estimate of drug-likeness (QED) is 0.174. The summed E-state index contributed by atoms with van der Waals surface area (Å²) in [6, 6.07) is 17.3. The van der Waals surface area contributed by atoms with Crippen LogP contribution in [0.5, 0.6) is 5.75 Å². The first-order valence-electron chi connectivity index (χ1n) is 16.4. The maximum absolute atomic E-state index is 12.8. The van der Waals surface area contributed by atoms with E-state index in [0.29, 0.717) is 34.5 Å². The third-order valence-corrected chi connectivity index (χ3v) is 9.65. The molecule has 256 valence electrons. The van der Waals surface area contributed by atoms with Crippen LogP contribution < -0.4 is 20.2 Å². The van der Waals surface area contributed by atoms with E-state index in [1.807, 2.05) is 54.9 Å². The molecule has 3 atom stereocenters. The molecule has 2 saturated heterocycles. The second kappa shape index (κ2) is 14.2.